The highest BCUT2D eigenvalue weighted by molar-refractivity contribution is 5.98. The Morgan fingerprint density at radius 3 is 2.80 bits per heavy atom. The normalized spacial score (nSPS) is 10.1. The van der Waals surface area contributed by atoms with E-state index in [1.165, 1.54) is 0 Å². The standard InChI is InChI=1S/C15H17N3O2/c1-3-20-15(19)12-5-4-6-13(14(12)16)18-11-8-7-10(2)17-9-11/h4-9,18H,3,16H2,1-2H3. The number of rotatable bonds is 4. The van der Waals surface area contributed by atoms with Crippen LogP contribution < -0.4 is 11.1 Å². The number of nitrogens with one attached hydrogen (secondary N) is 1. The lowest BCUT2D eigenvalue weighted by Crippen LogP contribution is -2.09. The minimum Gasteiger partial charge on any atom is -0.462 e. The fourth-order valence-electron chi connectivity index (χ4n) is 1.76. The number of para-hydroxylation sites is 1. The predicted molar refractivity (Wildman–Crippen MR) is 79.1 cm³/mol. The van der Waals surface area contributed by atoms with Crippen molar-refractivity contribution in [1.29, 1.82) is 0 Å². The van der Waals surface area contributed by atoms with Crippen molar-refractivity contribution in [2.24, 2.45) is 0 Å². The minimum atomic E-state index is -0.421. The number of carbonyl (C=O) groups is 1. The highest BCUT2D eigenvalue weighted by Crippen LogP contribution is 2.26. The lowest BCUT2D eigenvalue weighted by atomic mass is 10.1. The number of aromatic nitrogens is 1. The van der Waals surface area contributed by atoms with Gasteiger partial charge in [-0.3, -0.25) is 4.98 Å². The first-order chi connectivity index (χ1) is 9.61. The fourth-order valence-corrected chi connectivity index (χ4v) is 1.76. The number of carbonyl (C=O) groups excluding carboxylic acids is 1. The molecular formula is C15H17N3O2. The number of benzene rings is 1. The van der Waals surface area contributed by atoms with Crippen molar-refractivity contribution in [3.05, 3.63) is 47.8 Å². The third-order valence-corrected chi connectivity index (χ3v) is 2.79. The Kier molecular flexibility index (Phi) is 4.20. The number of nitrogens with two attached hydrogens (primary N) is 1. The van der Waals surface area contributed by atoms with Gasteiger partial charge in [-0.25, -0.2) is 4.79 Å². The molecule has 0 saturated carbocycles. The molecule has 0 bridgehead atoms. The van der Waals surface area contributed by atoms with Crippen LogP contribution in [0, 0.1) is 6.92 Å². The smallest absolute Gasteiger partial charge is 0.340 e. The number of pyridine rings is 1. The van der Waals surface area contributed by atoms with E-state index in [0.29, 0.717) is 23.5 Å². The number of aryl methyl sites for hydroxylation is 1. The monoisotopic (exact) mass is 271 g/mol. The van der Waals surface area contributed by atoms with Crippen molar-refractivity contribution in [1.82, 2.24) is 4.98 Å². The van der Waals surface area contributed by atoms with Crippen molar-refractivity contribution < 1.29 is 9.53 Å². The molecular weight excluding hydrogens is 254 g/mol. The van der Waals surface area contributed by atoms with Gasteiger partial charge in [0, 0.05) is 5.69 Å². The maximum absolute atomic E-state index is 11.8. The molecule has 1 aromatic heterocycles. The van der Waals surface area contributed by atoms with E-state index in [9.17, 15) is 4.79 Å². The van der Waals surface area contributed by atoms with Gasteiger partial charge in [0.1, 0.15) is 0 Å². The fraction of sp³-hybridized carbons (Fsp3) is 0.200. The van der Waals surface area contributed by atoms with Gasteiger partial charge >= 0.3 is 5.97 Å². The topological polar surface area (TPSA) is 77.2 Å². The zero-order valence-corrected chi connectivity index (χ0v) is 11.5. The van der Waals surface area contributed by atoms with Gasteiger partial charge in [-0.15, -0.1) is 0 Å². The quantitative estimate of drug-likeness (QED) is 0.660. The molecule has 0 atom stereocenters. The third-order valence-electron chi connectivity index (χ3n) is 2.79. The molecule has 0 spiro atoms. The van der Waals surface area contributed by atoms with Gasteiger partial charge in [-0.1, -0.05) is 6.07 Å². The van der Waals surface area contributed by atoms with Crippen LogP contribution in [0.5, 0.6) is 0 Å². The number of nitrogen functional groups attached to an aromatic ring is 1. The summed E-state index contributed by atoms with van der Waals surface area (Å²) >= 11 is 0. The molecule has 0 fully saturated rings. The summed E-state index contributed by atoms with van der Waals surface area (Å²) in [7, 11) is 0. The van der Waals surface area contributed by atoms with E-state index in [2.05, 4.69) is 10.3 Å². The average molecular weight is 271 g/mol. The predicted octanol–water partition coefficient (Wildman–Crippen LogP) is 2.89. The maximum Gasteiger partial charge on any atom is 0.340 e. The molecule has 0 radical (unpaired) electrons. The molecule has 104 valence electrons. The van der Waals surface area contributed by atoms with Crippen LogP contribution in [0.4, 0.5) is 17.1 Å². The number of esters is 1. The SMILES string of the molecule is CCOC(=O)c1cccc(Nc2ccc(C)nc2)c1N. The second-order valence-corrected chi connectivity index (χ2v) is 4.30. The lowest BCUT2D eigenvalue weighted by Gasteiger charge is -2.12. The van der Waals surface area contributed by atoms with E-state index in [1.807, 2.05) is 19.1 Å². The minimum absolute atomic E-state index is 0.317. The first-order valence-corrected chi connectivity index (χ1v) is 6.37. The highest BCUT2D eigenvalue weighted by Gasteiger charge is 2.13. The van der Waals surface area contributed by atoms with Crippen LogP contribution in [-0.4, -0.2) is 17.6 Å². The summed E-state index contributed by atoms with van der Waals surface area (Å²) in [5.74, 6) is -0.421. The second-order valence-electron chi connectivity index (χ2n) is 4.30. The van der Waals surface area contributed by atoms with Crippen LogP contribution in [0.1, 0.15) is 23.0 Å². The molecule has 3 N–H and O–H groups in total. The van der Waals surface area contributed by atoms with Crippen molar-refractivity contribution in [3.63, 3.8) is 0 Å². The Hall–Kier alpha value is -2.56. The first-order valence-electron chi connectivity index (χ1n) is 6.37. The van der Waals surface area contributed by atoms with Crippen molar-refractivity contribution in [2.75, 3.05) is 17.7 Å². The van der Waals surface area contributed by atoms with E-state index in [4.69, 9.17) is 10.5 Å². The van der Waals surface area contributed by atoms with Crippen LogP contribution in [0.25, 0.3) is 0 Å². The van der Waals surface area contributed by atoms with Gasteiger partial charge in [-0.2, -0.15) is 0 Å². The van der Waals surface area contributed by atoms with Gasteiger partial charge in [-0.05, 0) is 38.1 Å². The van der Waals surface area contributed by atoms with Crippen LogP contribution >= 0.6 is 0 Å². The summed E-state index contributed by atoms with van der Waals surface area (Å²) < 4.78 is 4.97. The Bertz CT molecular complexity index is 609. The maximum atomic E-state index is 11.8. The largest absolute Gasteiger partial charge is 0.462 e. The van der Waals surface area contributed by atoms with Crippen LogP contribution in [0.15, 0.2) is 36.5 Å². The van der Waals surface area contributed by atoms with Gasteiger partial charge in [0.25, 0.3) is 0 Å². The van der Waals surface area contributed by atoms with Crippen LogP contribution in [-0.2, 0) is 4.74 Å². The molecule has 0 unspecified atom stereocenters. The molecule has 2 aromatic rings. The third kappa shape index (κ3) is 3.06. The zero-order chi connectivity index (χ0) is 14.5. The molecule has 0 aliphatic carbocycles. The molecule has 5 heteroatoms. The number of hydrogen-bond acceptors (Lipinski definition) is 5. The summed E-state index contributed by atoms with van der Waals surface area (Å²) in [6.07, 6.45) is 1.71. The summed E-state index contributed by atoms with van der Waals surface area (Å²) in [4.78, 5) is 16.0. The summed E-state index contributed by atoms with van der Waals surface area (Å²) in [5, 5.41) is 3.14. The van der Waals surface area contributed by atoms with Crippen molar-refractivity contribution in [3.8, 4) is 0 Å². The Morgan fingerprint density at radius 2 is 2.15 bits per heavy atom. The molecule has 0 amide bonds. The van der Waals surface area contributed by atoms with Crippen LogP contribution in [0.3, 0.4) is 0 Å². The van der Waals surface area contributed by atoms with E-state index >= 15 is 0 Å². The summed E-state index contributed by atoms with van der Waals surface area (Å²) in [6.45, 7) is 3.99. The first kappa shape index (κ1) is 13.9. The zero-order valence-electron chi connectivity index (χ0n) is 11.5. The molecule has 1 aromatic carbocycles. The van der Waals surface area contributed by atoms with Gasteiger partial charge in [0.2, 0.25) is 0 Å². The molecule has 0 saturated heterocycles. The van der Waals surface area contributed by atoms with E-state index in [1.54, 1.807) is 31.3 Å². The number of nitrogens with zero attached hydrogens (tertiary/aromatic N) is 1. The molecule has 20 heavy (non-hydrogen) atoms. The van der Waals surface area contributed by atoms with Crippen molar-refractivity contribution >= 4 is 23.0 Å². The average Bonchev–Trinajstić information content (AvgIpc) is 2.44. The van der Waals surface area contributed by atoms with E-state index < -0.39 is 5.97 Å². The molecule has 0 aliphatic heterocycles. The number of hydrogen-bond donors (Lipinski definition) is 2. The van der Waals surface area contributed by atoms with E-state index in [-0.39, 0.29) is 0 Å². The summed E-state index contributed by atoms with van der Waals surface area (Å²) in [5.41, 5.74) is 9.13. The highest BCUT2D eigenvalue weighted by atomic mass is 16.5. The molecule has 5 nitrogen and oxygen atoms in total. The van der Waals surface area contributed by atoms with Gasteiger partial charge in [0.05, 0.1) is 35.4 Å². The van der Waals surface area contributed by atoms with E-state index in [0.717, 1.165) is 11.4 Å². The second kappa shape index (κ2) is 6.06. The lowest BCUT2D eigenvalue weighted by molar-refractivity contribution is 0.0527. The Balaban J connectivity index is 2.26. The van der Waals surface area contributed by atoms with Crippen molar-refractivity contribution in [2.45, 2.75) is 13.8 Å². The number of anilines is 3. The number of ether oxygens (including phenoxy) is 1. The molecule has 2 rings (SSSR count). The Labute approximate surface area is 117 Å². The molecule has 1 heterocycles. The van der Waals surface area contributed by atoms with Gasteiger partial charge < -0.3 is 15.8 Å². The summed E-state index contributed by atoms with van der Waals surface area (Å²) in [6, 6.07) is 9.00. The molecule has 0 aliphatic rings. The Morgan fingerprint density at radius 1 is 1.35 bits per heavy atom. The van der Waals surface area contributed by atoms with Crippen LogP contribution in [0.2, 0.25) is 0 Å². The van der Waals surface area contributed by atoms with Gasteiger partial charge in [0.15, 0.2) is 0 Å².